The van der Waals surface area contributed by atoms with E-state index in [1.807, 2.05) is 6.07 Å². The minimum Gasteiger partial charge on any atom is -0.356 e. The second-order valence-electron chi connectivity index (χ2n) is 5.65. The predicted molar refractivity (Wildman–Crippen MR) is 107 cm³/mol. The predicted octanol–water partition coefficient (Wildman–Crippen LogP) is 3.19. The molecule has 0 atom stereocenters. The van der Waals surface area contributed by atoms with Crippen LogP contribution in [0.4, 0.5) is 0 Å². The summed E-state index contributed by atoms with van der Waals surface area (Å²) in [7, 11) is 1.79. The summed E-state index contributed by atoms with van der Waals surface area (Å²) in [5, 5.41) is 13.6. The van der Waals surface area contributed by atoms with Gasteiger partial charge in [0.25, 0.3) is 0 Å². The van der Waals surface area contributed by atoms with Gasteiger partial charge in [0.2, 0.25) is 0 Å². The second-order valence-corrected chi connectivity index (χ2v) is 6.57. The van der Waals surface area contributed by atoms with Crippen molar-refractivity contribution in [2.75, 3.05) is 13.6 Å². The third-order valence-electron chi connectivity index (χ3n) is 4.11. The van der Waals surface area contributed by atoms with Gasteiger partial charge < -0.3 is 10.6 Å². The highest BCUT2D eigenvalue weighted by Crippen LogP contribution is 2.48. The Morgan fingerprint density at radius 1 is 1.35 bits per heavy atom. The minimum absolute atomic E-state index is 0. The van der Waals surface area contributed by atoms with Gasteiger partial charge in [-0.25, -0.2) is 0 Å². The summed E-state index contributed by atoms with van der Waals surface area (Å²) in [6.07, 6.45) is 4.18. The summed E-state index contributed by atoms with van der Waals surface area (Å²) in [6.45, 7) is 1.58. The standard InChI is InChI=1S/C16H20BrN5.HI/c1-18-15(19-10-14-5-8-21-22-14)20-11-16(6-7-16)12-3-2-4-13(17)9-12;/h2-5,8-9H,6-7,10-11H2,1H3,(H,21,22)(H2,18,19,20);1H. The average Bonchev–Trinajstić information content (AvgIpc) is 3.14. The molecule has 1 fully saturated rings. The number of halogens is 2. The van der Waals surface area contributed by atoms with Crippen LogP contribution < -0.4 is 10.6 Å². The van der Waals surface area contributed by atoms with Crippen molar-refractivity contribution in [2.45, 2.75) is 24.8 Å². The molecule has 0 amide bonds. The Morgan fingerprint density at radius 3 is 2.78 bits per heavy atom. The summed E-state index contributed by atoms with van der Waals surface area (Å²) in [6, 6.07) is 10.5. The molecule has 3 N–H and O–H groups in total. The molecule has 0 aliphatic heterocycles. The lowest BCUT2D eigenvalue weighted by Gasteiger charge is -2.19. The number of rotatable bonds is 5. The number of benzene rings is 1. The highest BCUT2D eigenvalue weighted by molar-refractivity contribution is 14.0. The number of H-pyrrole nitrogens is 1. The van der Waals surface area contributed by atoms with Gasteiger partial charge in [0.1, 0.15) is 0 Å². The van der Waals surface area contributed by atoms with Crippen molar-refractivity contribution in [1.82, 2.24) is 20.8 Å². The van der Waals surface area contributed by atoms with Crippen LogP contribution in [0.5, 0.6) is 0 Å². The fourth-order valence-corrected chi connectivity index (χ4v) is 2.97. The molecule has 23 heavy (non-hydrogen) atoms. The molecule has 2 aromatic rings. The van der Waals surface area contributed by atoms with E-state index in [0.717, 1.165) is 22.7 Å². The van der Waals surface area contributed by atoms with E-state index >= 15 is 0 Å². The fourth-order valence-electron chi connectivity index (χ4n) is 2.57. The molecule has 124 valence electrons. The van der Waals surface area contributed by atoms with Gasteiger partial charge in [-0.2, -0.15) is 5.10 Å². The molecule has 1 aliphatic rings. The smallest absolute Gasteiger partial charge is 0.191 e. The minimum atomic E-state index is 0. The number of aromatic amines is 1. The number of nitrogens with zero attached hydrogens (tertiary/aromatic N) is 2. The summed E-state index contributed by atoms with van der Waals surface area (Å²) in [5.41, 5.74) is 2.67. The third-order valence-corrected chi connectivity index (χ3v) is 4.61. The van der Waals surface area contributed by atoms with Crippen LogP contribution in [0.2, 0.25) is 0 Å². The summed E-state index contributed by atoms with van der Waals surface area (Å²) >= 11 is 3.56. The largest absolute Gasteiger partial charge is 0.356 e. The molecule has 1 heterocycles. The van der Waals surface area contributed by atoms with Crippen LogP contribution in [0.15, 0.2) is 46.0 Å². The van der Waals surface area contributed by atoms with Gasteiger partial charge in [-0.3, -0.25) is 10.1 Å². The summed E-state index contributed by atoms with van der Waals surface area (Å²) < 4.78 is 1.14. The second kappa shape index (κ2) is 8.14. The van der Waals surface area contributed by atoms with Gasteiger partial charge in [0.15, 0.2) is 5.96 Å². The Morgan fingerprint density at radius 2 is 2.17 bits per heavy atom. The highest BCUT2D eigenvalue weighted by atomic mass is 127. The van der Waals surface area contributed by atoms with Crippen LogP contribution in [-0.2, 0) is 12.0 Å². The zero-order chi connectivity index (χ0) is 15.4. The fraction of sp³-hybridized carbons (Fsp3) is 0.375. The first-order valence-corrected chi connectivity index (χ1v) is 8.20. The molecule has 1 aromatic heterocycles. The van der Waals surface area contributed by atoms with Gasteiger partial charge in [-0.15, -0.1) is 24.0 Å². The van der Waals surface area contributed by atoms with Crippen molar-refractivity contribution in [1.29, 1.82) is 0 Å². The Bertz CT molecular complexity index is 652. The molecule has 0 saturated heterocycles. The molecule has 3 rings (SSSR count). The Balaban J connectivity index is 0.00000192. The average molecular weight is 490 g/mol. The maximum absolute atomic E-state index is 4.28. The number of hydrogen-bond donors (Lipinski definition) is 3. The van der Waals surface area contributed by atoms with Crippen molar-refractivity contribution < 1.29 is 0 Å². The number of guanidine groups is 1. The molecule has 1 saturated carbocycles. The number of aromatic nitrogens is 2. The quantitative estimate of drug-likeness (QED) is 0.343. The van der Waals surface area contributed by atoms with Crippen LogP contribution in [0, 0.1) is 0 Å². The van der Waals surface area contributed by atoms with Crippen LogP contribution in [-0.4, -0.2) is 29.7 Å². The molecule has 1 aliphatic carbocycles. The monoisotopic (exact) mass is 489 g/mol. The maximum Gasteiger partial charge on any atom is 0.191 e. The first-order chi connectivity index (χ1) is 10.7. The SMILES string of the molecule is CN=C(NCc1ccn[nH]1)NCC1(c2cccc(Br)c2)CC1.I. The Hall–Kier alpha value is -1.09. The first-order valence-electron chi connectivity index (χ1n) is 7.41. The van der Waals surface area contributed by atoms with Crippen molar-refractivity contribution in [3.8, 4) is 0 Å². The van der Waals surface area contributed by atoms with E-state index in [9.17, 15) is 0 Å². The number of aliphatic imine (C=N–C) groups is 1. The van der Waals surface area contributed by atoms with E-state index in [2.05, 4.69) is 66.0 Å². The molecule has 0 spiro atoms. The maximum atomic E-state index is 4.28. The van der Waals surface area contributed by atoms with Gasteiger partial charge in [0.05, 0.1) is 12.2 Å². The van der Waals surface area contributed by atoms with Crippen LogP contribution in [0.1, 0.15) is 24.1 Å². The molecule has 5 nitrogen and oxygen atoms in total. The van der Waals surface area contributed by atoms with Crippen LogP contribution in [0.25, 0.3) is 0 Å². The molecule has 0 radical (unpaired) electrons. The van der Waals surface area contributed by atoms with Crippen LogP contribution in [0.3, 0.4) is 0 Å². The molecular weight excluding hydrogens is 469 g/mol. The van der Waals surface area contributed by atoms with E-state index in [1.165, 1.54) is 18.4 Å². The highest BCUT2D eigenvalue weighted by Gasteiger charge is 2.44. The van der Waals surface area contributed by atoms with Gasteiger partial charge >= 0.3 is 0 Å². The lowest BCUT2D eigenvalue weighted by Crippen LogP contribution is -2.41. The molecule has 0 bridgehead atoms. The third kappa shape index (κ3) is 4.69. The van der Waals surface area contributed by atoms with Crippen molar-refractivity contribution >= 4 is 45.9 Å². The van der Waals surface area contributed by atoms with Crippen molar-refractivity contribution in [3.63, 3.8) is 0 Å². The molecule has 7 heteroatoms. The topological polar surface area (TPSA) is 65.1 Å². The van der Waals surface area contributed by atoms with Crippen LogP contribution >= 0.6 is 39.9 Å². The van der Waals surface area contributed by atoms with E-state index in [0.29, 0.717) is 6.54 Å². The Kier molecular flexibility index (Phi) is 6.46. The lowest BCUT2D eigenvalue weighted by atomic mass is 9.96. The summed E-state index contributed by atoms with van der Waals surface area (Å²) in [4.78, 5) is 4.28. The van der Waals surface area contributed by atoms with E-state index in [-0.39, 0.29) is 29.4 Å². The summed E-state index contributed by atoms with van der Waals surface area (Å²) in [5.74, 6) is 0.816. The lowest BCUT2D eigenvalue weighted by molar-refractivity contribution is 0.644. The molecule has 1 aromatic carbocycles. The molecule has 0 unspecified atom stereocenters. The number of hydrogen-bond acceptors (Lipinski definition) is 2. The normalized spacial score (nSPS) is 15.7. The van der Waals surface area contributed by atoms with Gasteiger partial charge in [0, 0.05) is 29.7 Å². The van der Waals surface area contributed by atoms with Gasteiger partial charge in [-0.1, -0.05) is 28.1 Å². The van der Waals surface area contributed by atoms with E-state index in [1.54, 1.807) is 13.2 Å². The Labute approximate surface area is 161 Å². The molecular formula is C16H21BrIN5. The van der Waals surface area contributed by atoms with E-state index in [4.69, 9.17) is 0 Å². The van der Waals surface area contributed by atoms with Gasteiger partial charge in [-0.05, 0) is 36.6 Å². The zero-order valence-electron chi connectivity index (χ0n) is 13.0. The van der Waals surface area contributed by atoms with Crippen molar-refractivity contribution in [3.05, 3.63) is 52.3 Å². The van der Waals surface area contributed by atoms with E-state index < -0.39 is 0 Å². The first kappa shape index (κ1) is 18.3. The van der Waals surface area contributed by atoms with Crippen molar-refractivity contribution in [2.24, 2.45) is 4.99 Å². The zero-order valence-corrected chi connectivity index (χ0v) is 16.9. The number of nitrogens with one attached hydrogen (secondary N) is 3.